The lowest BCUT2D eigenvalue weighted by Crippen LogP contribution is -2.33. The van der Waals surface area contributed by atoms with Gasteiger partial charge in [0.15, 0.2) is 0 Å². The molecule has 0 atom stereocenters. The van der Waals surface area contributed by atoms with Gasteiger partial charge in [0.1, 0.15) is 11.5 Å². The van der Waals surface area contributed by atoms with Crippen LogP contribution in [0, 0.1) is 6.92 Å². The molecule has 0 bridgehead atoms. The Hall–Kier alpha value is -2.37. The molecule has 5 nitrogen and oxygen atoms in total. The maximum absolute atomic E-state index is 6.06. The van der Waals surface area contributed by atoms with Gasteiger partial charge in [-0.15, -0.1) is 0 Å². The number of ether oxygens (including phenoxy) is 2. The number of hydrogen-bond acceptors (Lipinski definition) is 5. The first-order valence-corrected chi connectivity index (χ1v) is 9.30. The maximum atomic E-state index is 6.06. The molecule has 5 heteroatoms. The summed E-state index contributed by atoms with van der Waals surface area (Å²) in [6.45, 7) is 8.65. The highest BCUT2D eigenvalue weighted by atomic mass is 16.5. The Morgan fingerprint density at radius 1 is 1.07 bits per heavy atom. The van der Waals surface area contributed by atoms with Crippen LogP contribution in [-0.2, 0) is 11.3 Å². The van der Waals surface area contributed by atoms with Gasteiger partial charge < -0.3 is 13.9 Å². The van der Waals surface area contributed by atoms with Crippen LogP contribution in [0.25, 0.3) is 22.2 Å². The van der Waals surface area contributed by atoms with Crippen LogP contribution in [0.2, 0.25) is 0 Å². The highest BCUT2D eigenvalue weighted by Crippen LogP contribution is 2.34. The molecule has 3 aromatic rings. The van der Waals surface area contributed by atoms with E-state index in [1.807, 2.05) is 31.2 Å². The first kappa shape index (κ1) is 19.4. The predicted octanol–water partition coefficient (Wildman–Crippen LogP) is 4.67. The van der Waals surface area contributed by atoms with E-state index >= 15 is 0 Å². The van der Waals surface area contributed by atoms with E-state index in [9.17, 15) is 0 Å². The van der Waals surface area contributed by atoms with Crippen LogP contribution in [0.4, 0.5) is 0 Å². The largest absolute Gasteiger partial charge is 0.496 e. The Morgan fingerprint density at radius 2 is 1.81 bits per heavy atom. The molecule has 1 aromatic heterocycles. The van der Waals surface area contributed by atoms with Crippen LogP contribution in [0.5, 0.6) is 5.75 Å². The standard InChI is InChI=1S/C22H28N2O3/c1-15(2)24(12-13-25-4)14-20-16(3)27-22(23-20)19-10-11-21(26-5)18-9-7-6-8-17(18)19/h6-11,15H,12-14H2,1-5H3. The van der Waals surface area contributed by atoms with Gasteiger partial charge in [-0.2, -0.15) is 0 Å². The van der Waals surface area contributed by atoms with Gasteiger partial charge in [0.05, 0.1) is 19.4 Å². The number of methoxy groups -OCH3 is 2. The smallest absolute Gasteiger partial charge is 0.227 e. The van der Waals surface area contributed by atoms with E-state index in [1.54, 1.807) is 14.2 Å². The molecule has 0 aliphatic carbocycles. The Labute approximate surface area is 160 Å². The van der Waals surface area contributed by atoms with E-state index in [4.69, 9.17) is 18.9 Å². The van der Waals surface area contributed by atoms with Crippen LogP contribution in [0.15, 0.2) is 40.8 Å². The first-order valence-electron chi connectivity index (χ1n) is 9.30. The number of rotatable bonds is 8. The second-order valence-corrected chi connectivity index (χ2v) is 6.94. The van der Waals surface area contributed by atoms with Gasteiger partial charge in [0, 0.05) is 37.2 Å². The molecule has 0 amide bonds. The van der Waals surface area contributed by atoms with Gasteiger partial charge in [-0.3, -0.25) is 4.90 Å². The minimum atomic E-state index is 0.404. The van der Waals surface area contributed by atoms with Crippen molar-refractivity contribution in [3.8, 4) is 17.2 Å². The van der Waals surface area contributed by atoms with Crippen molar-refractivity contribution in [3.05, 3.63) is 47.9 Å². The van der Waals surface area contributed by atoms with Crippen LogP contribution >= 0.6 is 0 Å². The molecule has 0 saturated carbocycles. The SMILES string of the molecule is COCCN(Cc1nc(-c2ccc(OC)c3ccccc23)oc1C)C(C)C. The number of hydrogen-bond donors (Lipinski definition) is 0. The minimum Gasteiger partial charge on any atom is -0.496 e. The lowest BCUT2D eigenvalue weighted by Gasteiger charge is -2.25. The lowest BCUT2D eigenvalue weighted by atomic mass is 10.0. The number of oxazole rings is 1. The van der Waals surface area contributed by atoms with Crippen LogP contribution in [0.1, 0.15) is 25.3 Å². The van der Waals surface area contributed by atoms with Gasteiger partial charge in [-0.25, -0.2) is 4.98 Å². The molecule has 144 valence electrons. The second-order valence-electron chi connectivity index (χ2n) is 6.94. The summed E-state index contributed by atoms with van der Waals surface area (Å²) in [5.74, 6) is 2.35. The van der Waals surface area contributed by atoms with Gasteiger partial charge in [-0.05, 0) is 38.3 Å². The van der Waals surface area contributed by atoms with Crippen molar-refractivity contribution in [3.63, 3.8) is 0 Å². The molecule has 1 heterocycles. The molecule has 0 saturated heterocycles. The lowest BCUT2D eigenvalue weighted by molar-refractivity contribution is 0.124. The average Bonchev–Trinajstić information content (AvgIpc) is 3.04. The Balaban J connectivity index is 1.96. The molecule has 2 aromatic carbocycles. The van der Waals surface area contributed by atoms with E-state index in [0.29, 0.717) is 18.5 Å². The Morgan fingerprint density at radius 3 is 2.48 bits per heavy atom. The van der Waals surface area contributed by atoms with Gasteiger partial charge in [0.2, 0.25) is 5.89 Å². The Bertz CT molecular complexity index is 902. The molecule has 0 aliphatic rings. The van der Waals surface area contributed by atoms with Crippen molar-refractivity contribution < 1.29 is 13.9 Å². The van der Waals surface area contributed by atoms with E-state index < -0.39 is 0 Å². The zero-order valence-corrected chi connectivity index (χ0v) is 16.8. The van der Waals surface area contributed by atoms with Gasteiger partial charge in [-0.1, -0.05) is 24.3 Å². The summed E-state index contributed by atoms with van der Waals surface area (Å²) in [6, 6.07) is 12.5. The van der Waals surface area contributed by atoms with Crippen molar-refractivity contribution >= 4 is 10.8 Å². The fourth-order valence-corrected chi connectivity index (χ4v) is 3.25. The van der Waals surface area contributed by atoms with E-state index in [2.05, 4.69) is 30.9 Å². The third kappa shape index (κ3) is 4.15. The van der Waals surface area contributed by atoms with E-state index in [0.717, 1.165) is 46.6 Å². The van der Waals surface area contributed by atoms with Crippen molar-refractivity contribution in [2.45, 2.75) is 33.4 Å². The highest BCUT2D eigenvalue weighted by molar-refractivity contribution is 5.98. The molecular formula is C22H28N2O3. The fraction of sp³-hybridized carbons (Fsp3) is 0.409. The van der Waals surface area contributed by atoms with Crippen molar-refractivity contribution in [1.82, 2.24) is 9.88 Å². The minimum absolute atomic E-state index is 0.404. The van der Waals surface area contributed by atoms with Crippen LogP contribution < -0.4 is 4.74 Å². The van der Waals surface area contributed by atoms with E-state index in [1.165, 1.54) is 0 Å². The van der Waals surface area contributed by atoms with Crippen molar-refractivity contribution in [1.29, 1.82) is 0 Å². The Kier molecular flexibility index (Phi) is 6.14. The summed E-state index contributed by atoms with van der Waals surface area (Å²) in [5.41, 5.74) is 1.95. The van der Waals surface area contributed by atoms with Crippen molar-refractivity contribution in [2.24, 2.45) is 0 Å². The summed E-state index contributed by atoms with van der Waals surface area (Å²) in [5, 5.41) is 2.13. The number of aryl methyl sites for hydroxylation is 1. The summed E-state index contributed by atoms with van der Waals surface area (Å²) in [7, 11) is 3.42. The van der Waals surface area contributed by atoms with E-state index in [-0.39, 0.29) is 0 Å². The molecule has 0 radical (unpaired) electrons. The summed E-state index contributed by atoms with van der Waals surface area (Å²) in [4.78, 5) is 7.16. The zero-order chi connectivity index (χ0) is 19.4. The van der Waals surface area contributed by atoms with Gasteiger partial charge in [0.25, 0.3) is 0 Å². The molecule has 3 rings (SSSR count). The zero-order valence-electron chi connectivity index (χ0n) is 16.8. The van der Waals surface area contributed by atoms with Crippen LogP contribution in [-0.4, -0.2) is 43.3 Å². The second kappa shape index (κ2) is 8.55. The molecule has 0 N–H and O–H groups in total. The summed E-state index contributed by atoms with van der Waals surface area (Å²) >= 11 is 0. The fourth-order valence-electron chi connectivity index (χ4n) is 3.25. The first-order chi connectivity index (χ1) is 13.0. The number of fused-ring (bicyclic) bond motifs is 1. The monoisotopic (exact) mass is 368 g/mol. The molecular weight excluding hydrogens is 340 g/mol. The number of nitrogens with zero attached hydrogens (tertiary/aromatic N) is 2. The highest BCUT2D eigenvalue weighted by Gasteiger charge is 2.18. The number of benzene rings is 2. The number of aromatic nitrogens is 1. The molecule has 0 fully saturated rings. The average molecular weight is 368 g/mol. The third-order valence-corrected chi connectivity index (χ3v) is 4.89. The molecule has 0 unspecified atom stereocenters. The summed E-state index contributed by atoms with van der Waals surface area (Å²) < 4.78 is 16.8. The topological polar surface area (TPSA) is 47.7 Å². The summed E-state index contributed by atoms with van der Waals surface area (Å²) in [6.07, 6.45) is 0. The molecule has 27 heavy (non-hydrogen) atoms. The van der Waals surface area contributed by atoms with Crippen LogP contribution in [0.3, 0.4) is 0 Å². The molecule has 0 spiro atoms. The quantitative estimate of drug-likeness (QED) is 0.578. The normalized spacial score (nSPS) is 11.7. The maximum Gasteiger partial charge on any atom is 0.227 e. The third-order valence-electron chi connectivity index (χ3n) is 4.89. The molecule has 0 aliphatic heterocycles. The predicted molar refractivity (Wildman–Crippen MR) is 108 cm³/mol. The van der Waals surface area contributed by atoms with Crippen molar-refractivity contribution in [2.75, 3.05) is 27.4 Å². The van der Waals surface area contributed by atoms with Gasteiger partial charge >= 0.3 is 0 Å².